The lowest BCUT2D eigenvalue weighted by Gasteiger charge is -2.23. The summed E-state index contributed by atoms with van der Waals surface area (Å²) in [5.74, 6) is -0.618. The molecule has 4 nitrogen and oxygen atoms in total. The number of nitrogens with zero attached hydrogens (tertiary/aromatic N) is 1. The highest BCUT2D eigenvalue weighted by Crippen LogP contribution is 2.23. The monoisotopic (exact) mass is 374 g/mol. The Morgan fingerprint density at radius 1 is 1.12 bits per heavy atom. The first-order chi connectivity index (χ1) is 12.5. The van der Waals surface area contributed by atoms with Gasteiger partial charge in [0.15, 0.2) is 0 Å². The standard InChI is InChI=1S/C20H23FN2O2S/c1-3-23(20(25)15(2)26-18-7-5-4-6-8-18)14-19(24)22-13-16-9-11-17(21)12-10-16/h4-12,15H,3,13-14H2,1-2H3,(H,22,24)/t15-/m0/s1. The zero-order chi connectivity index (χ0) is 18.9. The summed E-state index contributed by atoms with van der Waals surface area (Å²) < 4.78 is 12.9. The molecule has 0 saturated carbocycles. The van der Waals surface area contributed by atoms with Crippen LogP contribution in [-0.4, -0.2) is 35.1 Å². The molecule has 0 aliphatic carbocycles. The van der Waals surface area contributed by atoms with Gasteiger partial charge in [-0.3, -0.25) is 9.59 Å². The predicted octanol–water partition coefficient (Wildman–Crippen LogP) is 3.47. The van der Waals surface area contributed by atoms with Gasteiger partial charge in [-0.05, 0) is 43.7 Å². The summed E-state index contributed by atoms with van der Waals surface area (Å²) in [6, 6.07) is 15.7. The van der Waals surface area contributed by atoms with Gasteiger partial charge in [0, 0.05) is 18.0 Å². The molecular weight excluding hydrogens is 351 g/mol. The van der Waals surface area contributed by atoms with Crippen molar-refractivity contribution in [3.63, 3.8) is 0 Å². The summed E-state index contributed by atoms with van der Waals surface area (Å²) in [5, 5.41) is 2.49. The number of carbonyl (C=O) groups is 2. The van der Waals surface area contributed by atoms with E-state index in [0.29, 0.717) is 13.1 Å². The maximum Gasteiger partial charge on any atom is 0.239 e. The Hall–Kier alpha value is -2.34. The molecule has 6 heteroatoms. The fourth-order valence-electron chi connectivity index (χ4n) is 2.39. The minimum Gasteiger partial charge on any atom is -0.350 e. The van der Waals surface area contributed by atoms with Gasteiger partial charge in [0.25, 0.3) is 0 Å². The van der Waals surface area contributed by atoms with Crippen LogP contribution in [0.5, 0.6) is 0 Å². The first-order valence-electron chi connectivity index (χ1n) is 8.51. The normalized spacial score (nSPS) is 11.7. The Labute approximate surface area is 157 Å². The summed E-state index contributed by atoms with van der Waals surface area (Å²) in [6.45, 7) is 4.47. The number of halogens is 1. The summed E-state index contributed by atoms with van der Waals surface area (Å²) in [5.41, 5.74) is 0.808. The molecule has 138 valence electrons. The van der Waals surface area contributed by atoms with E-state index in [1.165, 1.54) is 23.9 Å². The molecule has 1 N–H and O–H groups in total. The van der Waals surface area contributed by atoms with Crippen molar-refractivity contribution in [3.8, 4) is 0 Å². The number of amides is 2. The van der Waals surface area contributed by atoms with Crippen molar-refractivity contribution in [2.75, 3.05) is 13.1 Å². The maximum absolute atomic E-state index is 12.9. The second kappa shape index (κ2) is 9.97. The Morgan fingerprint density at radius 2 is 1.77 bits per heavy atom. The highest BCUT2D eigenvalue weighted by atomic mass is 32.2. The first-order valence-corrected chi connectivity index (χ1v) is 9.39. The molecule has 0 heterocycles. The Kier molecular flexibility index (Phi) is 7.66. The van der Waals surface area contributed by atoms with Crippen molar-refractivity contribution in [1.82, 2.24) is 10.2 Å². The number of hydrogen-bond acceptors (Lipinski definition) is 3. The van der Waals surface area contributed by atoms with Crippen LogP contribution in [0.1, 0.15) is 19.4 Å². The molecule has 2 rings (SSSR count). The molecule has 0 spiro atoms. The van der Waals surface area contributed by atoms with Crippen LogP contribution in [-0.2, 0) is 16.1 Å². The average Bonchev–Trinajstić information content (AvgIpc) is 2.66. The van der Waals surface area contributed by atoms with Crippen LogP contribution >= 0.6 is 11.8 Å². The van der Waals surface area contributed by atoms with E-state index in [1.807, 2.05) is 44.2 Å². The van der Waals surface area contributed by atoms with Crippen molar-refractivity contribution in [2.24, 2.45) is 0 Å². The summed E-state index contributed by atoms with van der Waals surface area (Å²) in [7, 11) is 0. The lowest BCUT2D eigenvalue weighted by atomic mass is 10.2. The summed E-state index contributed by atoms with van der Waals surface area (Å²) >= 11 is 1.48. The number of likely N-dealkylation sites (N-methyl/N-ethyl adjacent to an activating group) is 1. The van der Waals surface area contributed by atoms with E-state index in [1.54, 1.807) is 17.0 Å². The quantitative estimate of drug-likeness (QED) is 0.720. The lowest BCUT2D eigenvalue weighted by Crippen LogP contribution is -2.43. The average molecular weight is 374 g/mol. The lowest BCUT2D eigenvalue weighted by molar-refractivity contribution is -0.135. The molecule has 2 amide bonds. The SMILES string of the molecule is CCN(CC(=O)NCc1ccc(F)cc1)C(=O)[C@H](C)Sc1ccccc1. The van der Waals surface area contributed by atoms with Crippen LogP contribution in [0.25, 0.3) is 0 Å². The van der Waals surface area contributed by atoms with E-state index in [9.17, 15) is 14.0 Å². The van der Waals surface area contributed by atoms with E-state index in [0.717, 1.165) is 10.5 Å². The topological polar surface area (TPSA) is 49.4 Å². The van der Waals surface area contributed by atoms with E-state index < -0.39 is 0 Å². The van der Waals surface area contributed by atoms with Gasteiger partial charge in [-0.1, -0.05) is 30.3 Å². The molecule has 2 aromatic carbocycles. The zero-order valence-electron chi connectivity index (χ0n) is 14.9. The number of benzene rings is 2. The summed E-state index contributed by atoms with van der Waals surface area (Å²) in [4.78, 5) is 27.3. The van der Waals surface area contributed by atoms with E-state index in [4.69, 9.17) is 0 Å². The minimum absolute atomic E-state index is 0.0101. The Morgan fingerprint density at radius 3 is 2.38 bits per heavy atom. The van der Waals surface area contributed by atoms with Crippen LogP contribution in [0.2, 0.25) is 0 Å². The molecule has 1 atom stereocenters. The third kappa shape index (κ3) is 6.19. The largest absolute Gasteiger partial charge is 0.350 e. The van der Waals surface area contributed by atoms with Crippen LogP contribution in [0, 0.1) is 5.82 Å². The van der Waals surface area contributed by atoms with Gasteiger partial charge in [-0.2, -0.15) is 0 Å². The molecule has 26 heavy (non-hydrogen) atoms. The highest BCUT2D eigenvalue weighted by molar-refractivity contribution is 8.00. The Bertz CT molecular complexity index is 722. The van der Waals surface area contributed by atoms with Crippen LogP contribution < -0.4 is 5.32 Å². The van der Waals surface area contributed by atoms with Gasteiger partial charge >= 0.3 is 0 Å². The van der Waals surface area contributed by atoms with Gasteiger partial charge in [0.1, 0.15) is 5.82 Å². The van der Waals surface area contributed by atoms with Crippen molar-refractivity contribution in [1.29, 1.82) is 0 Å². The summed E-state index contributed by atoms with van der Waals surface area (Å²) in [6.07, 6.45) is 0. The zero-order valence-corrected chi connectivity index (χ0v) is 15.8. The number of nitrogens with one attached hydrogen (secondary N) is 1. The fourth-order valence-corrected chi connectivity index (χ4v) is 3.36. The molecule has 0 unspecified atom stereocenters. The smallest absolute Gasteiger partial charge is 0.239 e. The third-order valence-electron chi connectivity index (χ3n) is 3.83. The van der Waals surface area contributed by atoms with Gasteiger partial charge in [0.2, 0.25) is 11.8 Å². The molecule has 2 aromatic rings. The van der Waals surface area contributed by atoms with E-state index in [-0.39, 0.29) is 29.4 Å². The Balaban J connectivity index is 1.85. The van der Waals surface area contributed by atoms with Gasteiger partial charge in [-0.15, -0.1) is 11.8 Å². The number of hydrogen-bond donors (Lipinski definition) is 1. The molecule has 0 radical (unpaired) electrons. The minimum atomic E-state index is -0.312. The first kappa shape index (κ1) is 20.0. The van der Waals surface area contributed by atoms with E-state index >= 15 is 0 Å². The second-order valence-corrected chi connectivity index (χ2v) is 7.24. The van der Waals surface area contributed by atoms with Crippen molar-refractivity contribution >= 4 is 23.6 Å². The molecule has 0 saturated heterocycles. The van der Waals surface area contributed by atoms with Gasteiger partial charge < -0.3 is 10.2 Å². The number of thioether (sulfide) groups is 1. The van der Waals surface area contributed by atoms with Crippen molar-refractivity contribution < 1.29 is 14.0 Å². The molecular formula is C20H23FN2O2S. The third-order valence-corrected chi connectivity index (χ3v) is 4.93. The van der Waals surface area contributed by atoms with Gasteiger partial charge in [-0.25, -0.2) is 4.39 Å². The maximum atomic E-state index is 12.9. The predicted molar refractivity (Wildman–Crippen MR) is 102 cm³/mol. The number of carbonyl (C=O) groups excluding carboxylic acids is 2. The van der Waals surface area contributed by atoms with Crippen molar-refractivity contribution in [3.05, 3.63) is 66.0 Å². The van der Waals surface area contributed by atoms with Crippen LogP contribution in [0.3, 0.4) is 0 Å². The van der Waals surface area contributed by atoms with Crippen LogP contribution in [0.15, 0.2) is 59.5 Å². The number of rotatable bonds is 8. The van der Waals surface area contributed by atoms with Gasteiger partial charge in [0.05, 0.1) is 11.8 Å². The second-order valence-electron chi connectivity index (χ2n) is 5.83. The fraction of sp³-hybridized carbons (Fsp3) is 0.300. The van der Waals surface area contributed by atoms with Crippen molar-refractivity contribution in [2.45, 2.75) is 30.5 Å². The van der Waals surface area contributed by atoms with E-state index in [2.05, 4.69) is 5.32 Å². The molecule has 0 fully saturated rings. The molecule has 0 bridgehead atoms. The molecule has 0 aromatic heterocycles. The molecule has 0 aliphatic rings. The van der Waals surface area contributed by atoms with Crippen LogP contribution in [0.4, 0.5) is 4.39 Å². The molecule has 0 aliphatic heterocycles. The highest BCUT2D eigenvalue weighted by Gasteiger charge is 2.22.